The first-order chi connectivity index (χ1) is 13.2. The van der Waals surface area contributed by atoms with Crippen LogP contribution in [0.15, 0.2) is 71.5 Å². The molecule has 0 spiro atoms. The fourth-order valence-corrected chi connectivity index (χ4v) is 3.03. The Kier molecular flexibility index (Phi) is 7.04. The van der Waals surface area contributed by atoms with Crippen LogP contribution < -0.4 is 10.1 Å². The molecule has 0 aliphatic carbocycles. The molecular weight excluding hydrogens is 406 g/mol. The number of carbonyl (C=O) groups is 1. The van der Waals surface area contributed by atoms with E-state index in [1.807, 2.05) is 53.3 Å². The van der Waals surface area contributed by atoms with E-state index in [4.69, 9.17) is 4.74 Å². The standard InChI is InChI=1S/C21H22BrN3O2/c22-18-4-1-5-20(16-18)27-15-2-6-21(26)23-13-11-17-7-9-19(10-8-17)25-14-3-12-24-25/h1,3-5,7-10,12,14,16H,2,6,11,13,15H2,(H,23,26). The number of benzene rings is 2. The minimum Gasteiger partial charge on any atom is -0.494 e. The summed E-state index contributed by atoms with van der Waals surface area (Å²) in [5.74, 6) is 0.865. The Labute approximate surface area is 167 Å². The molecule has 1 heterocycles. The smallest absolute Gasteiger partial charge is 0.220 e. The van der Waals surface area contributed by atoms with Gasteiger partial charge in [-0.3, -0.25) is 4.79 Å². The lowest BCUT2D eigenvalue weighted by molar-refractivity contribution is -0.121. The van der Waals surface area contributed by atoms with Gasteiger partial charge in [-0.1, -0.05) is 34.1 Å². The third kappa shape index (κ3) is 6.25. The fraction of sp³-hybridized carbons (Fsp3) is 0.238. The predicted molar refractivity (Wildman–Crippen MR) is 109 cm³/mol. The summed E-state index contributed by atoms with van der Waals surface area (Å²) in [6, 6.07) is 17.8. The average Bonchev–Trinajstić information content (AvgIpc) is 3.21. The molecule has 0 aliphatic heterocycles. The number of ether oxygens (including phenoxy) is 1. The minimum absolute atomic E-state index is 0.0565. The molecule has 0 saturated heterocycles. The summed E-state index contributed by atoms with van der Waals surface area (Å²) < 4.78 is 8.44. The highest BCUT2D eigenvalue weighted by molar-refractivity contribution is 9.10. The average molecular weight is 428 g/mol. The number of nitrogens with zero attached hydrogens (tertiary/aromatic N) is 2. The van der Waals surface area contributed by atoms with E-state index < -0.39 is 0 Å². The van der Waals surface area contributed by atoms with E-state index in [9.17, 15) is 4.79 Å². The van der Waals surface area contributed by atoms with Gasteiger partial charge in [0.1, 0.15) is 5.75 Å². The molecule has 2 aromatic carbocycles. The third-order valence-electron chi connectivity index (χ3n) is 4.05. The van der Waals surface area contributed by atoms with Gasteiger partial charge in [0, 0.05) is 29.8 Å². The molecule has 5 nitrogen and oxygen atoms in total. The molecule has 0 fully saturated rings. The first-order valence-electron chi connectivity index (χ1n) is 8.95. The molecule has 3 aromatic rings. The normalized spacial score (nSPS) is 10.6. The van der Waals surface area contributed by atoms with E-state index in [-0.39, 0.29) is 5.91 Å². The van der Waals surface area contributed by atoms with Crippen LogP contribution in [0.3, 0.4) is 0 Å². The van der Waals surface area contributed by atoms with E-state index in [2.05, 4.69) is 38.5 Å². The number of carbonyl (C=O) groups excluding carboxylic acids is 1. The summed E-state index contributed by atoms with van der Waals surface area (Å²) in [5.41, 5.74) is 2.21. The highest BCUT2D eigenvalue weighted by Gasteiger charge is 2.03. The highest BCUT2D eigenvalue weighted by atomic mass is 79.9. The van der Waals surface area contributed by atoms with Crippen molar-refractivity contribution in [2.45, 2.75) is 19.3 Å². The van der Waals surface area contributed by atoms with Gasteiger partial charge in [0.2, 0.25) is 5.91 Å². The van der Waals surface area contributed by atoms with Crippen LogP contribution in [0.2, 0.25) is 0 Å². The van der Waals surface area contributed by atoms with Gasteiger partial charge in [0.05, 0.1) is 12.3 Å². The van der Waals surface area contributed by atoms with Crippen molar-refractivity contribution in [1.82, 2.24) is 15.1 Å². The molecule has 1 N–H and O–H groups in total. The first-order valence-corrected chi connectivity index (χ1v) is 9.74. The van der Waals surface area contributed by atoms with Crippen molar-refractivity contribution in [2.75, 3.05) is 13.2 Å². The topological polar surface area (TPSA) is 56.1 Å². The second-order valence-electron chi connectivity index (χ2n) is 6.13. The molecule has 0 aliphatic rings. The predicted octanol–water partition coefficient (Wildman–Crippen LogP) is 4.15. The number of rotatable bonds is 9. The van der Waals surface area contributed by atoms with Crippen molar-refractivity contribution in [1.29, 1.82) is 0 Å². The molecule has 0 atom stereocenters. The van der Waals surface area contributed by atoms with Gasteiger partial charge in [-0.05, 0) is 54.8 Å². The van der Waals surface area contributed by atoms with E-state index in [0.717, 1.165) is 22.3 Å². The summed E-state index contributed by atoms with van der Waals surface area (Å²) in [6.07, 6.45) is 5.63. The van der Waals surface area contributed by atoms with Gasteiger partial charge in [0.25, 0.3) is 0 Å². The van der Waals surface area contributed by atoms with Crippen molar-refractivity contribution in [3.8, 4) is 11.4 Å². The van der Waals surface area contributed by atoms with Gasteiger partial charge < -0.3 is 10.1 Å². The summed E-state index contributed by atoms with van der Waals surface area (Å²) in [4.78, 5) is 11.9. The van der Waals surface area contributed by atoms with E-state index in [1.165, 1.54) is 5.56 Å². The van der Waals surface area contributed by atoms with Crippen LogP contribution in [0.4, 0.5) is 0 Å². The Hall–Kier alpha value is -2.60. The second kappa shape index (κ2) is 9.92. The van der Waals surface area contributed by atoms with Crippen LogP contribution in [-0.2, 0) is 11.2 Å². The maximum absolute atomic E-state index is 11.9. The number of hydrogen-bond acceptors (Lipinski definition) is 3. The molecule has 6 heteroatoms. The molecule has 0 radical (unpaired) electrons. The maximum atomic E-state index is 11.9. The summed E-state index contributed by atoms with van der Waals surface area (Å²) in [6.45, 7) is 1.16. The van der Waals surface area contributed by atoms with Crippen LogP contribution in [0, 0.1) is 0 Å². The lowest BCUT2D eigenvalue weighted by Gasteiger charge is -2.08. The largest absolute Gasteiger partial charge is 0.494 e. The maximum Gasteiger partial charge on any atom is 0.220 e. The lowest BCUT2D eigenvalue weighted by Crippen LogP contribution is -2.25. The molecule has 1 amide bonds. The van der Waals surface area contributed by atoms with Crippen LogP contribution in [0.1, 0.15) is 18.4 Å². The molecule has 27 heavy (non-hydrogen) atoms. The molecule has 0 unspecified atom stereocenters. The third-order valence-corrected chi connectivity index (χ3v) is 4.55. The Morgan fingerprint density at radius 1 is 1.15 bits per heavy atom. The van der Waals surface area contributed by atoms with Crippen molar-refractivity contribution in [3.05, 3.63) is 77.0 Å². The van der Waals surface area contributed by atoms with Crippen molar-refractivity contribution >= 4 is 21.8 Å². The van der Waals surface area contributed by atoms with Crippen molar-refractivity contribution in [3.63, 3.8) is 0 Å². The van der Waals surface area contributed by atoms with E-state index in [0.29, 0.717) is 26.0 Å². The van der Waals surface area contributed by atoms with Crippen LogP contribution in [0.25, 0.3) is 5.69 Å². The molecule has 0 bridgehead atoms. The van der Waals surface area contributed by atoms with Gasteiger partial charge >= 0.3 is 0 Å². The summed E-state index contributed by atoms with van der Waals surface area (Å²) in [5, 5.41) is 7.17. The van der Waals surface area contributed by atoms with Crippen molar-refractivity contribution in [2.24, 2.45) is 0 Å². The van der Waals surface area contributed by atoms with Crippen molar-refractivity contribution < 1.29 is 9.53 Å². The Balaban J connectivity index is 1.31. The molecule has 1 aromatic heterocycles. The summed E-state index contributed by atoms with van der Waals surface area (Å²) >= 11 is 3.41. The number of amides is 1. The molecular formula is C21H22BrN3O2. The highest BCUT2D eigenvalue weighted by Crippen LogP contribution is 2.17. The van der Waals surface area contributed by atoms with Gasteiger partial charge in [-0.2, -0.15) is 5.10 Å². The zero-order valence-electron chi connectivity index (χ0n) is 15.0. The first kappa shape index (κ1) is 19.2. The number of halogens is 1. The fourth-order valence-electron chi connectivity index (χ4n) is 2.65. The van der Waals surface area contributed by atoms with Crippen LogP contribution in [-0.4, -0.2) is 28.8 Å². The van der Waals surface area contributed by atoms with Gasteiger partial charge in [0.15, 0.2) is 0 Å². The number of nitrogens with one attached hydrogen (secondary N) is 1. The van der Waals surface area contributed by atoms with Gasteiger partial charge in [-0.25, -0.2) is 4.68 Å². The quantitative estimate of drug-likeness (QED) is 0.521. The molecule has 3 rings (SSSR count). The summed E-state index contributed by atoms with van der Waals surface area (Å²) in [7, 11) is 0. The van der Waals surface area contributed by atoms with Crippen LogP contribution in [0.5, 0.6) is 5.75 Å². The Morgan fingerprint density at radius 3 is 2.74 bits per heavy atom. The Bertz CT molecular complexity index is 848. The second-order valence-corrected chi connectivity index (χ2v) is 7.04. The zero-order chi connectivity index (χ0) is 18.9. The van der Waals surface area contributed by atoms with Crippen LogP contribution >= 0.6 is 15.9 Å². The van der Waals surface area contributed by atoms with Gasteiger partial charge in [-0.15, -0.1) is 0 Å². The minimum atomic E-state index is 0.0565. The zero-order valence-corrected chi connectivity index (χ0v) is 16.6. The number of aromatic nitrogens is 2. The number of hydrogen-bond donors (Lipinski definition) is 1. The lowest BCUT2D eigenvalue weighted by atomic mass is 10.1. The monoisotopic (exact) mass is 427 g/mol. The molecule has 0 saturated carbocycles. The molecule has 140 valence electrons. The van der Waals surface area contributed by atoms with E-state index >= 15 is 0 Å². The Morgan fingerprint density at radius 2 is 2.00 bits per heavy atom. The SMILES string of the molecule is O=C(CCCOc1cccc(Br)c1)NCCc1ccc(-n2cccn2)cc1. The van der Waals surface area contributed by atoms with E-state index in [1.54, 1.807) is 6.20 Å².